The molecule has 18 heavy (non-hydrogen) atoms. The molecule has 2 N–H and O–H groups in total. The highest BCUT2D eigenvalue weighted by atomic mass is 16.6. The summed E-state index contributed by atoms with van der Waals surface area (Å²) in [6.45, 7) is 0.958. The van der Waals surface area contributed by atoms with Gasteiger partial charge in [-0.25, -0.2) is 0 Å². The van der Waals surface area contributed by atoms with Crippen molar-refractivity contribution in [3.63, 3.8) is 0 Å². The van der Waals surface area contributed by atoms with E-state index in [1.54, 1.807) is 0 Å². The Labute approximate surface area is 106 Å². The van der Waals surface area contributed by atoms with Crippen LogP contribution in [0.2, 0.25) is 0 Å². The monoisotopic (exact) mass is 250 g/mol. The highest BCUT2D eigenvalue weighted by Gasteiger charge is 2.31. The van der Waals surface area contributed by atoms with Gasteiger partial charge in [0, 0.05) is 4.92 Å². The van der Waals surface area contributed by atoms with E-state index in [0.29, 0.717) is 13.0 Å². The number of hydrogen-bond acceptors (Lipinski definition) is 4. The first-order valence-corrected chi connectivity index (χ1v) is 6.27. The Hall–Kier alpha value is -1.46. The van der Waals surface area contributed by atoms with Gasteiger partial charge in [-0.15, -0.1) is 0 Å². The molecule has 2 atom stereocenters. The van der Waals surface area contributed by atoms with Gasteiger partial charge in [0.1, 0.15) is 6.10 Å². The molecule has 0 radical (unpaired) electrons. The van der Waals surface area contributed by atoms with Crippen molar-refractivity contribution in [3.8, 4) is 0 Å². The number of rotatable bonds is 1. The molecule has 3 aliphatic rings. The normalized spacial score (nSPS) is 25.2. The highest BCUT2D eigenvalue weighted by molar-refractivity contribution is 5.28. The summed E-state index contributed by atoms with van der Waals surface area (Å²) in [6, 6.07) is 8.02. The summed E-state index contributed by atoms with van der Waals surface area (Å²) >= 11 is 0. The lowest BCUT2D eigenvalue weighted by Gasteiger charge is -2.21. The average Bonchev–Trinajstić information content (AvgIpc) is 2.42. The van der Waals surface area contributed by atoms with Crippen molar-refractivity contribution in [3.05, 3.63) is 45.5 Å². The SMILES string of the molecule is O=[N+]([O-])C1CNCCC1O.c1cc2ccc1CC2. The lowest BCUT2D eigenvalue weighted by atomic mass is 9.97. The Kier molecular flexibility index (Phi) is 4.28. The lowest BCUT2D eigenvalue weighted by Crippen LogP contribution is -2.48. The Bertz CT molecular complexity index is 382. The Morgan fingerprint density at radius 2 is 1.78 bits per heavy atom. The van der Waals surface area contributed by atoms with Crippen molar-refractivity contribution in [2.45, 2.75) is 31.4 Å². The van der Waals surface area contributed by atoms with Crippen LogP contribution in [0.5, 0.6) is 0 Å². The molecule has 0 spiro atoms. The first kappa shape index (κ1) is 13.0. The second kappa shape index (κ2) is 5.93. The number of aryl methyl sites for hydroxylation is 2. The topological polar surface area (TPSA) is 75.4 Å². The van der Waals surface area contributed by atoms with E-state index in [0.717, 1.165) is 0 Å². The van der Waals surface area contributed by atoms with Crippen LogP contribution in [0.1, 0.15) is 17.5 Å². The Morgan fingerprint density at radius 3 is 2.06 bits per heavy atom. The highest BCUT2D eigenvalue weighted by Crippen LogP contribution is 2.14. The zero-order chi connectivity index (χ0) is 13.0. The molecule has 5 nitrogen and oxygen atoms in total. The van der Waals surface area contributed by atoms with Crippen molar-refractivity contribution in [1.29, 1.82) is 0 Å². The molecule has 0 amide bonds. The van der Waals surface area contributed by atoms with E-state index in [1.807, 2.05) is 0 Å². The summed E-state index contributed by atoms with van der Waals surface area (Å²) in [5.74, 6) is 0. The maximum atomic E-state index is 10.2. The van der Waals surface area contributed by atoms with Crippen LogP contribution in [0.25, 0.3) is 0 Å². The summed E-state index contributed by atoms with van der Waals surface area (Å²) in [7, 11) is 0. The summed E-state index contributed by atoms with van der Waals surface area (Å²) in [6.07, 6.45) is 2.24. The van der Waals surface area contributed by atoms with Gasteiger partial charge in [-0.1, -0.05) is 24.3 Å². The van der Waals surface area contributed by atoms with Crippen molar-refractivity contribution in [2.24, 2.45) is 0 Å². The summed E-state index contributed by atoms with van der Waals surface area (Å²) in [5.41, 5.74) is 2.97. The van der Waals surface area contributed by atoms with Gasteiger partial charge in [0.05, 0.1) is 6.54 Å². The number of nitrogens with zero attached hydrogens (tertiary/aromatic N) is 1. The van der Waals surface area contributed by atoms with Crippen molar-refractivity contribution < 1.29 is 10.0 Å². The third-order valence-corrected chi connectivity index (χ3v) is 3.41. The first-order valence-electron chi connectivity index (χ1n) is 6.27. The van der Waals surface area contributed by atoms with Gasteiger partial charge in [-0.05, 0) is 36.9 Å². The zero-order valence-corrected chi connectivity index (χ0v) is 10.2. The fourth-order valence-electron chi connectivity index (χ4n) is 2.20. The zero-order valence-electron chi connectivity index (χ0n) is 10.2. The van der Waals surface area contributed by atoms with E-state index in [2.05, 4.69) is 29.6 Å². The van der Waals surface area contributed by atoms with Gasteiger partial charge in [0.15, 0.2) is 0 Å². The summed E-state index contributed by atoms with van der Waals surface area (Å²) < 4.78 is 0. The molecule has 0 aromatic heterocycles. The fourth-order valence-corrected chi connectivity index (χ4v) is 2.20. The molecular formula is C13H18N2O3. The minimum atomic E-state index is -0.811. The van der Waals surface area contributed by atoms with E-state index < -0.39 is 17.1 Å². The molecule has 1 fully saturated rings. The van der Waals surface area contributed by atoms with Gasteiger partial charge in [-0.3, -0.25) is 10.1 Å². The van der Waals surface area contributed by atoms with E-state index in [4.69, 9.17) is 5.11 Å². The molecular weight excluding hydrogens is 232 g/mol. The molecule has 4 rings (SSSR count). The Morgan fingerprint density at radius 1 is 1.22 bits per heavy atom. The maximum Gasteiger partial charge on any atom is 0.250 e. The minimum absolute atomic E-state index is 0.286. The standard InChI is InChI=1S/C8H8.C5H10N2O3/c1-2-8-5-3-7(1)4-6-8;8-5-1-2-6-3-4(5)7(9)10/h1-3,5H,4,6H2;4-6,8H,1-3H2. The Balaban J connectivity index is 0.000000136. The molecule has 1 saturated heterocycles. The first-order chi connectivity index (χ1) is 8.66. The molecule has 2 bridgehead atoms. The average molecular weight is 250 g/mol. The molecule has 1 heterocycles. The smallest absolute Gasteiger partial charge is 0.250 e. The summed E-state index contributed by atoms with van der Waals surface area (Å²) in [5, 5.41) is 22.1. The molecule has 1 aliphatic heterocycles. The van der Waals surface area contributed by atoms with E-state index in [-0.39, 0.29) is 6.54 Å². The van der Waals surface area contributed by atoms with Gasteiger partial charge in [0.2, 0.25) is 0 Å². The number of benzene rings is 1. The van der Waals surface area contributed by atoms with Gasteiger partial charge in [-0.2, -0.15) is 0 Å². The van der Waals surface area contributed by atoms with Crippen LogP contribution in [0.3, 0.4) is 0 Å². The van der Waals surface area contributed by atoms with E-state index in [1.165, 1.54) is 24.0 Å². The number of aliphatic hydroxyl groups excluding tert-OH is 1. The molecule has 1 aromatic carbocycles. The fraction of sp³-hybridized carbons (Fsp3) is 0.538. The third kappa shape index (κ3) is 3.27. The van der Waals surface area contributed by atoms with Crippen molar-refractivity contribution in [2.75, 3.05) is 13.1 Å². The molecule has 2 unspecified atom stereocenters. The summed E-state index contributed by atoms with van der Waals surface area (Å²) in [4.78, 5) is 9.74. The molecule has 2 aliphatic carbocycles. The van der Waals surface area contributed by atoms with Crippen LogP contribution in [-0.2, 0) is 12.8 Å². The second-order valence-corrected chi connectivity index (χ2v) is 4.73. The van der Waals surface area contributed by atoms with Crippen LogP contribution < -0.4 is 5.32 Å². The van der Waals surface area contributed by atoms with Gasteiger partial charge in [0.25, 0.3) is 6.04 Å². The van der Waals surface area contributed by atoms with Crippen LogP contribution in [0, 0.1) is 10.1 Å². The number of nitro groups is 1. The predicted octanol–water partition coefficient (Wildman–Crippen LogP) is 0.771. The number of piperidine rings is 1. The largest absolute Gasteiger partial charge is 0.386 e. The van der Waals surface area contributed by atoms with Crippen LogP contribution in [0.4, 0.5) is 0 Å². The van der Waals surface area contributed by atoms with E-state index >= 15 is 0 Å². The molecule has 1 aromatic rings. The van der Waals surface area contributed by atoms with Crippen molar-refractivity contribution in [1.82, 2.24) is 5.32 Å². The third-order valence-electron chi connectivity index (χ3n) is 3.41. The molecule has 0 saturated carbocycles. The van der Waals surface area contributed by atoms with Crippen LogP contribution in [0.15, 0.2) is 24.3 Å². The van der Waals surface area contributed by atoms with Gasteiger partial charge < -0.3 is 10.4 Å². The number of fused-ring (bicyclic) bond motifs is 3. The van der Waals surface area contributed by atoms with E-state index in [9.17, 15) is 10.1 Å². The van der Waals surface area contributed by atoms with Crippen LogP contribution in [-0.4, -0.2) is 35.3 Å². The predicted molar refractivity (Wildman–Crippen MR) is 68.1 cm³/mol. The minimum Gasteiger partial charge on any atom is -0.386 e. The van der Waals surface area contributed by atoms with Gasteiger partial charge >= 0.3 is 0 Å². The van der Waals surface area contributed by atoms with Crippen LogP contribution >= 0.6 is 0 Å². The second-order valence-electron chi connectivity index (χ2n) is 4.73. The maximum absolute atomic E-state index is 10.2. The number of nitrogens with one attached hydrogen (secondary N) is 1. The molecule has 5 heteroatoms. The van der Waals surface area contributed by atoms with Crippen molar-refractivity contribution >= 4 is 0 Å². The quantitative estimate of drug-likeness (QED) is 0.570. The number of aliphatic hydroxyl groups is 1. The lowest BCUT2D eigenvalue weighted by molar-refractivity contribution is -0.534. The number of hydrogen-bond donors (Lipinski definition) is 2. The molecule has 98 valence electrons.